The van der Waals surface area contributed by atoms with E-state index in [0.717, 1.165) is 30.6 Å². The third-order valence-electron chi connectivity index (χ3n) is 3.13. The Kier molecular flexibility index (Phi) is 3.82. The highest BCUT2D eigenvalue weighted by molar-refractivity contribution is 5.92. The minimum absolute atomic E-state index is 0.741. The van der Waals surface area contributed by atoms with E-state index in [1.807, 2.05) is 6.92 Å². The number of pyridine rings is 1. The number of hydrogen-bond acceptors (Lipinski definition) is 3. The van der Waals surface area contributed by atoms with Crippen molar-refractivity contribution in [2.75, 3.05) is 25.5 Å². The molecule has 1 heterocycles. The van der Waals surface area contributed by atoms with Crippen LogP contribution in [0.3, 0.4) is 0 Å². The van der Waals surface area contributed by atoms with Gasteiger partial charge in [-0.3, -0.25) is 4.98 Å². The molecule has 0 spiro atoms. The molecule has 0 radical (unpaired) electrons. The third kappa shape index (κ3) is 2.62. The van der Waals surface area contributed by atoms with Gasteiger partial charge in [0.2, 0.25) is 0 Å². The summed E-state index contributed by atoms with van der Waals surface area (Å²) in [5, 5.41) is 1.22. The van der Waals surface area contributed by atoms with Gasteiger partial charge in [-0.05, 0) is 50.1 Å². The summed E-state index contributed by atoms with van der Waals surface area (Å²) in [5.74, 6) is 0. The minimum atomic E-state index is 0.741. The van der Waals surface area contributed by atoms with Crippen molar-refractivity contribution < 1.29 is 0 Å². The van der Waals surface area contributed by atoms with Crippen molar-refractivity contribution in [1.29, 1.82) is 0 Å². The summed E-state index contributed by atoms with van der Waals surface area (Å²) in [6.07, 6.45) is 2.06. The number of aromatic nitrogens is 1. The van der Waals surface area contributed by atoms with E-state index in [1.165, 1.54) is 16.6 Å². The van der Waals surface area contributed by atoms with Gasteiger partial charge in [-0.15, -0.1) is 0 Å². The Balaban J connectivity index is 2.52. The van der Waals surface area contributed by atoms with Crippen LogP contribution in [0.15, 0.2) is 24.3 Å². The average molecular weight is 243 g/mol. The van der Waals surface area contributed by atoms with E-state index >= 15 is 0 Å². The maximum Gasteiger partial charge on any atom is 0.0726 e. The van der Waals surface area contributed by atoms with Crippen molar-refractivity contribution in [2.24, 2.45) is 5.73 Å². The first-order valence-corrected chi connectivity index (χ1v) is 6.39. The Morgan fingerprint density at radius 2 is 2.00 bits per heavy atom. The molecule has 0 saturated carbocycles. The Morgan fingerprint density at radius 1 is 1.22 bits per heavy atom. The van der Waals surface area contributed by atoms with Crippen molar-refractivity contribution in [1.82, 2.24) is 4.98 Å². The van der Waals surface area contributed by atoms with Gasteiger partial charge in [0.05, 0.1) is 5.52 Å². The van der Waals surface area contributed by atoms with Crippen LogP contribution in [0.1, 0.15) is 17.7 Å². The van der Waals surface area contributed by atoms with Crippen LogP contribution in [0.4, 0.5) is 5.69 Å². The fourth-order valence-corrected chi connectivity index (χ4v) is 2.22. The molecule has 0 aliphatic carbocycles. The second-order valence-corrected chi connectivity index (χ2v) is 4.92. The van der Waals surface area contributed by atoms with Crippen LogP contribution in [-0.2, 0) is 6.42 Å². The summed E-state index contributed by atoms with van der Waals surface area (Å²) < 4.78 is 0. The van der Waals surface area contributed by atoms with Gasteiger partial charge in [0, 0.05) is 30.9 Å². The lowest BCUT2D eigenvalue weighted by atomic mass is 10.0. The molecule has 3 heteroatoms. The second kappa shape index (κ2) is 5.36. The van der Waals surface area contributed by atoms with E-state index in [-0.39, 0.29) is 0 Å². The average Bonchev–Trinajstić information content (AvgIpc) is 2.35. The summed E-state index contributed by atoms with van der Waals surface area (Å²) in [4.78, 5) is 6.73. The summed E-state index contributed by atoms with van der Waals surface area (Å²) in [6.45, 7) is 2.78. The number of aryl methyl sites for hydroxylation is 2. The van der Waals surface area contributed by atoms with E-state index in [9.17, 15) is 0 Å². The number of hydrogen-bond donors (Lipinski definition) is 1. The fraction of sp³-hybridized carbons (Fsp3) is 0.400. The standard InChI is InChI=1S/C15H21N3/c1-11-9-15(18(2)3)13-10-12(5-4-8-16)6-7-14(13)17-11/h6-7,9-10H,4-5,8,16H2,1-3H3. The van der Waals surface area contributed by atoms with Gasteiger partial charge in [0.15, 0.2) is 0 Å². The van der Waals surface area contributed by atoms with Gasteiger partial charge < -0.3 is 10.6 Å². The molecule has 0 amide bonds. The van der Waals surface area contributed by atoms with Crippen LogP contribution in [0.25, 0.3) is 10.9 Å². The van der Waals surface area contributed by atoms with E-state index < -0.39 is 0 Å². The van der Waals surface area contributed by atoms with Crippen molar-refractivity contribution in [3.05, 3.63) is 35.5 Å². The third-order valence-corrected chi connectivity index (χ3v) is 3.13. The first kappa shape index (κ1) is 12.8. The molecular weight excluding hydrogens is 222 g/mol. The molecule has 0 unspecified atom stereocenters. The molecule has 2 rings (SSSR count). The fourth-order valence-electron chi connectivity index (χ4n) is 2.22. The SMILES string of the molecule is Cc1cc(N(C)C)c2cc(CCCN)ccc2n1. The van der Waals surface area contributed by atoms with Gasteiger partial charge in [-0.25, -0.2) is 0 Å². The molecule has 0 saturated heterocycles. The smallest absolute Gasteiger partial charge is 0.0726 e. The highest BCUT2D eigenvalue weighted by atomic mass is 15.1. The van der Waals surface area contributed by atoms with Gasteiger partial charge in [-0.1, -0.05) is 6.07 Å². The largest absolute Gasteiger partial charge is 0.377 e. The van der Waals surface area contributed by atoms with Crippen LogP contribution in [0, 0.1) is 6.92 Å². The van der Waals surface area contributed by atoms with Crippen LogP contribution in [0.5, 0.6) is 0 Å². The Bertz CT molecular complexity index is 547. The minimum Gasteiger partial charge on any atom is -0.377 e. The summed E-state index contributed by atoms with van der Waals surface area (Å²) in [6, 6.07) is 8.65. The van der Waals surface area contributed by atoms with Crippen molar-refractivity contribution in [3.8, 4) is 0 Å². The number of nitrogens with zero attached hydrogens (tertiary/aromatic N) is 2. The Hall–Kier alpha value is -1.61. The zero-order valence-corrected chi connectivity index (χ0v) is 11.4. The highest BCUT2D eigenvalue weighted by Gasteiger charge is 2.06. The molecule has 3 nitrogen and oxygen atoms in total. The zero-order chi connectivity index (χ0) is 13.1. The number of anilines is 1. The van der Waals surface area contributed by atoms with Crippen molar-refractivity contribution in [3.63, 3.8) is 0 Å². The van der Waals surface area contributed by atoms with E-state index in [2.05, 4.69) is 48.2 Å². The highest BCUT2D eigenvalue weighted by Crippen LogP contribution is 2.26. The molecular formula is C15H21N3. The topological polar surface area (TPSA) is 42.1 Å². The number of benzene rings is 1. The molecule has 18 heavy (non-hydrogen) atoms. The molecule has 1 aromatic heterocycles. The zero-order valence-electron chi connectivity index (χ0n) is 11.4. The van der Waals surface area contributed by atoms with Gasteiger partial charge in [-0.2, -0.15) is 0 Å². The first-order valence-electron chi connectivity index (χ1n) is 6.39. The lowest BCUT2D eigenvalue weighted by molar-refractivity contribution is 0.833. The van der Waals surface area contributed by atoms with Crippen molar-refractivity contribution in [2.45, 2.75) is 19.8 Å². The molecule has 2 aromatic rings. The maximum absolute atomic E-state index is 5.57. The maximum atomic E-state index is 5.57. The van der Waals surface area contributed by atoms with Crippen LogP contribution < -0.4 is 10.6 Å². The van der Waals surface area contributed by atoms with Crippen LogP contribution in [-0.4, -0.2) is 25.6 Å². The first-order chi connectivity index (χ1) is 8.61. The van der Waals surface area contributed by atoms with Crippen LogP contribution in [0.2, 0.25) is 0 Å². The van der Waals surface area contributed by atoms with Gasteiger partial charge in [0.1, 0.15) is 0 Å². The molecule has 1 aromatic carbocycles. The van der Waals surface area contributed by atoms with E-state index in [4.69, 9.17) is 5.73 Å². The van der Waals surface area contributed by atoms with Crippen molar-refractivity contribution >= 4 is 16.6 Å². The molecule has 96 valence electrons. The Labute approximate surface area is 109 Å². The van der Waals surface area contributed by atoms with E-state index in [1.54, 1.807) is 0 Å². The molecule has 0 fully saturated rings. The number of rotatable bonds is 4. The van der Waals surface area contributed by atoms with Crippen LogP contribution >= 0.6 is 0 Å². The molecule has 0 bridgehead atoms. The predicted octanol–water partition coefficient (Wildman–Crippen LogP) is 2.50. The molecule has 0 aliphatic rings. The lowest BCUT2D eigenvalue weighted by Gasteiger charge is -2.16. The Morgan fingerprint density at radius 3 is 2.67 bits per heavy atom. The monoisotopic (exact) mass is 243 g/mol. The van der Waals surface area contributed by atoms with Gasteiger partial charge in [0.25, 0.3) is 0 Å². The normalized spacial score (nSPS) is 10.9. The molecule has 2 N–H and O–H groups in total. The summed E-state index contributed by atoms with van der Waals surface area (Å²) >= 11 is 0. The van der Waals surface area contributed by atoms with Gasteiger partial charge >= 0.3 is 0 Å². The molecule has 0 atom stereocenters. The lowest BCUT2D eigenvalue weighted by Crippen LogP contribution is -2.10. The summed E-state index contributed by atoms with van der Waals surface area (Å²) in [7, 11) is 4.14. The number of fused-ring (bicyclic) bond motifs is 1. The predicted molar refractivity (Wildman–Crippen MR) is 78.2 cm³/mol. The second-order valence-electron chi connectivity index (χ2n) is 4.92. The van der Waals surface area contributed by atoms with E-state index in [0.29, 0.717) is 0 Å². The summed E-state index contributed by atoms with van der Waals surface area (Å²) in [5.41, 5.74) is 10.3. The quantitative estimate of drug-likeness (QED) is 0.897. The number of nitrogens with two attached hydrogens (primary N) is 1. The molecule has 0 aliphatic heterocycles.